The van der Waals surface area contributed by atoms with Crippen molar-refractivity contribution in [2.45, 2.75) is 32.9 Å². The summed E-state index contributed by atoms with van der Waals surface area (Å²) in [5.74, 6) is -0.814. The van der Waals surface area contributed by atoms with E-state index in [-0.39, 0.29) is 12.4 Å². The van der Waals surface area contributed by atoms with Gasteiger partial charge in [0.1, 0.15) is 22.9 Å². The number of amides is 1. The van der Waals surface area contributed by atoms with E-state index in [0.717, 1.165) is 0 Å². The van der Waals surface area contributed by atoms with Crippen molar-refractivity contribution in [3.63, 3.8) is 0 Å². The molecule has 3 rings (SSSR count). The highest BCUT2D eigenvalue weighted by Gasteiger charge is 2.16. The molecular weight excluding hydrogens is 366 g/mol. The van der Waals surface area contributed by atoms with E-state index in [0.29, 0.717) is 22.5 Å². The number of halogens is 2. The number of hydrogen-bond donors (Lipinski definition) is 1. The summed E-state index contributed by atoms with van der Waals surface area (Å²) in [7, 11) is 0. The molecule has 0 radical (unpaired) electrons. The quantitative estimate of drug-likeness (QED) is 0.728. The van der Waals surface area contributed by atoms with Crippen molar-refractivity contribution in [2.75, 3.05) is 0 Å². The average Bonchev–Trinajstić information content (AvgIpc) is 3.09. The molecular formula is C20H20F2N4O2. The number of aromatic nitrogens is 3. The molecule has 0 aliphatic carbocycles. The number of rotatable bonds is 4. The highest BCUT2D eigenvalue weighted by atomic mass is 19.1. The first-order valence-electron chi connectivity index (χ1n) is 8.64. The van der Waals surface area contributed by atoms with Crippen molar-refractivity contribution in [3.05, 3.63) is 65.9 Å². The van der Waals surface area contributed by atoms with Crippen molar-refractivity contribution < 1.29 is 18.3 Å². The second-order valence-corrected chi connectivity index (χ2v) is 7.23. The largest absolute Gasteiger partial charge is 0.444 e. The molecule has 0 unspecified atom stereocenters. The first kappa shape index (κ1) is 19.5. The van der Waals surface area contributed by atoms with E-state index in [2.05, 4.69) is 15.6 Å². The number of ether oxygens (including phenoxy) is 1. The van der Waals surface area contributed by atoms with Crippen molar-refractivity contribution >= 4 is 6.09 Å². The molecule has 1 aromatic heterocycles. The van der Waals surface area contributed by atoms with E-state index in [1.54, 1.807) is 45.2 Å². The molecule has 0 spiro atoms. The Morgan fingerprint density at radius 3 is 2.50 bits per heavy atom. The summed E-state index contributed by atoms with van der Waals surface area (Å²) in [6, 6.07) is 10.1. The molecule has 3 aromatic rings. The topological polar surface area (TPSA) is 69.0 Å². The zero-order valence-corrected chi connectivity index (χ0v) is 15.7. The van der Waals surface area contributed by atoms with Gasteiger partial charge in [0.2, 0.25) is 0 Å². The lowest BCUT2D eigenvalue weighted by Crippen LogP contribution is -2.32. The van der Waals surface area contributed by atoms with Crippen LogP contribution < -0.4 is 5.32 Å². The molecule has 8 heteroatoms. The normalized spacial score (nSPS) is 11.3. The maximum Gasteiger partial charge on any atom is 0.407 e. The van der Waals surface area contributed by atoms with E-state index in [9.17, 15) is 13.6 Å². The Kier molecular flexibility index (Phi) is 5.39. The molecule has 1 amide bonds. The van der Waals surface area contributed by atoms with Crippen LogP contribution in [0.25, 0.3) is 16.9 Å². The van der Waals surface area contributed by atoms with Gasteiger partial charge in [-0.05, 0) is 68.8 Å². The number of hydrogen-bond acceptors (Lipinski definition) is 4. The molecule has 1 heterocycles. The number of nitrogens with one attached hydrogen (secondary N) is 1. The molecule has 0 fully saturated rings. The van der Waals surface area contributed by atoms with Crippen LogP contribution in [0.2, 0.25) is 0 Å². The lowest BCUT2D eigenvalue weighted by Gasteiger charge is -2.19. The molecule has 0 atom stereocenters. The minimum atomic E-state index is -0.615. The molecule has 0 aliphatic rings. The standard InChI is InChI=1S/C20H20F2N4O2/c1-20(2,3)28-19(27)23-11-13-8-14(10-16(22)9-13)18-12-26(25-24-18)17-6-4-15(21)5-7-17/h4-10,12H,11H2,1-3H3,(H,23,27). The van der Waals surface area contributed by atoms with Crippen molar-refractivity contribution in [1.82, 2.24) is 20.3 Å². The maximum atomic E-state index is 14.0. The third-order valence-corrected chi connectivity index (χ3v) is 3.67. The molecule has 0 bridgehead atoms. The van der Waals surface area contributed by atoms with Gasteiger partial charge in [-0.3, -0.25) is 0 Å². The summed E-state index contributed by atoms with van der Waals surface area (Å²) in [4.78, 5) is 11.8. The molecule has 28 heavy (non-hydrogen) atoms. The van der Waals surface area contributed by atoms with Crippen LogP contribution in [-0.2, 0) is 11.3 Å². The van der Waals surface area contributed by atoms with Crippen LogP contribution in [0.15, 0.2) is 48.7 Å². The summed E-state index contributed by atoms with van der Waals surface area (Å²) in [6.45, 7) is 5.39. The summed E-state index contributed by atoms with van der Waals surface area (Å²) in [6.07, 6.45) is 1.04. The highest BCUT2D eigenvalue weighted by molar-refractivity contribution is 5.68. The Morgan fingerprint density at radius 1 is 1.11 bits per heavy atom. The Hall–Kier alpha value is -3.29. The Morgan fingerprint density at radius 2 is 1.82 bits per heavy atom. The molecule has 146 valence electrons. The maximum absolute atomic E-state index is 14.0. The minimum absolute atomic E-state index is 0.103. The summed E-state index contributed by atoms with van der Waals surface area (Å²) in [5.41, 5.74) is 1.52. The van der Waals surface area contributed by atoms with Gasteiger partial charge < -0.3 is 10.1 Å². The fourth-order valence-electron chi connectivity index (χ4n) is 2.50. The van der Waals surface area contributed by atoms with E-state index in [1.807, 2.05) is 0 Å². The fourth-order valence-corrected chi connectivity index (χ4v) is 2.50. The monoisotopic (exact) mass is 386 g/mol. The summed E-state index contributed by atoms with van der Waals surface area (Å²) >= 11 is 0. The molecule has 2 aromatic carbocycles. The van der Waals surface area contributed by atoms with Gasteiger partial charge in [-0.1, -0.05) is 5.21 Å². The van der Waals surface area contributed by atoms with Gasteiger partial charge in [-0.2, -0.15) is 0 Å². The van der Waals surface area contributed by atoms with Crippen LogP contribution in [0, 0.1) is 11.6 Å². The Balaban J connectivity index is 1.76. The van der Waals surface area contributed by atoms with Gasteiger partial charge in [-0.25, -0.2) is 18.3 Å². The van der Waals surface area contributed by atoms with Gasteiger partial charge in [0.15, 0.2) is 0 Å². The number of nitrogens with zero attached hydrogens (tertiary/aromatic N) is 3. The first-order chi connectivity index (χ1) is 13.2. The summed E-state index contributed by atoms with van der Waals surface area (Å²) < 4.78 is 33.7. The first-order valence-corrected chi connectivity index (χ1v) is 8.64. The van der Waals surface area contributed by atoms with E-state index >= 15 is 0 Å². The lowest BCUT2D eigenvalue weighted by atomic mass is 10.1. The Bertz CT molecular complexity index is 979. The van der Waals surface area contributed by atoms with Crippen LogP contribution in [0.1, 0.15) is 26.3 Å². The SMILES string of the molecule is CC(C)(C)OC(=O)NCc1cc(F)cc(-c2cn(-c3ccc(F)cc3)nn2)c1. The lowest BCUT2D eigenvalue weighted by molar-refractivity contribution is 0.0523. The number of carbonyl (C=O) groups is 1. The number of carbonyl (C=O) groups excluding carboxylic acids is 1. The van der Waals surface area contributed by atoms with Gasteiger partial charge in [0, 0.05) is 12.1 Å². The second-order valence-electron chi connectivity index (χ2n) is 7.23. The molecule has 6 nitrogen and oxygen atoms in total. The third-order valence-electron chi connectivity index (χ3n) is 3.67. The number of alkyl carbamates (subject to hydrolysis) is 1. The van der Waals surface area contributed by atoms with Gasteiger partial charge in [-0.15, -0.1) is 5.10 Å². The highest BCUT2D eigenvalue weighted by Crippen LogP contribution is 2.21. The van der Waals surface area contributed by atoms with E-state index in [4.69, 9.17) is 4.74 Å². The minimum Gasteiger partial charge on any atom is -0.444 e. The van der Waals surface area contributed by atoms with Crippen molar-refractivity contribution in [2.24, 2.45) is 0 Å². The van der Waals surface area contributed by atoms with Crippen LogP contribution in [0.4, 0.5) is 13.6 Å². The van der Waals surface area contributed by atoms with Crippen molar-refractivity contribution in [3.8, 4) is 16.9 Å². The van der Waals surface area contributed by atoms with Crippen LogP contribution in [-0.4, -0.2) is 26.7 Å². The average molecular weight is 386 g/mol. The fraction of sp³-hybridized carbons (Fsp3) is 0.250. The predicted molar refractivity (Wildman–Crippen MR) is 99.8 cm³/mol. The third kappa shape index (κ3) is 5.12. The van der Waals surface area contributed by atoms with Gasteiger partial charge in [0.25, 0.3) is 0 Å². The van der Waals surface area contributed by atoms with Crippen LogP contribution in [0.3, 0.4) is 0 Å². The van der Waals surface area contributed by atoms with E-state index in [1.165, 1.54) is 28.9 Å². The molecule has 0 saturated carbocycles. The second kappa shape index (κ2) is 7.75. The molecule has 0 saturated heterocycles. The van der Waals surface area contributed by atoms with Gasteiger partial charge >= 0.3 is 6.09 Å². The zero-order chi connectivity index (χ0) is 20.3. The Labute approximate surface area is 161 Å². The number of benzene rings is 2. The predicted octanol–water partition coefficient (Wildman–Crippen LogP) is 4.24. The van der Waals surface area contributed by atoms with Crippen LogP contribution in [0.5, 0.6) is 0 Å². The molecule has 0 aliphatic heterocycles. The zero-order valence-electron chi connectivity index (χ0n) is 15.7. The van der Waals surface area contributed by atoms with E-state index < -0.39 is 17.5 Å². The van der Waals surface area contributed by atoms with Gasteiger partial charge in [0.05, 0.1) is 11.9 Å². The molecule has 1 N–H and O–H groups in total. The summed E-state index contributed by atoms with van der Waals surface area (Å²) in [5, 5.41) is 10.6. The smallest absolute Gasteiger partial charge is 0.407 e. The van der Waals surface area contributed by atoms with Crippen molar-refractivity contribution in [1.29, 1.82) is 0 Å². The van der Waals surface area contributed by atoms with Crippen LogP contribution >= 0.6 is 0 Å².